The summed E-state index contributed by atoms with van der Waals surface area (Å²) in [7, 11) is 0. The van der Waals surface area contributed by atoms with Gasteiger partial charge in [0, 0.05) is 16.8 Å². The van der Waals surface area contributed by atoms with Crippen molar-refractivity contribution in [2.24, 2.45) is 0 Å². The van der Waals surface area contributed by atoms with Crippen LogP contribution in [0.2, 0.25) is 5.02 Å². The summed E-state index contributed by atoms with van der Waals surface area (Å²) in [5.41, 5.74) is 0. The molecule has 0 spiro atoms. The maximum Gasteiger partial charge on any atom is 0.355 e. The van der Waals surface area contributed by atoms with Crippen LogP contribution in [0.15, 0.2) is 29.2 Å². The van der Waals surface area contributed by atoms with Gasteiger partial charge in [0.25, 0.3) is 0 Å². The number of carbonyl (C=O) groups is 1. The van der Waals surface area contributed by atoms with Crippen LogP contribution in [0.3, 0.4) is 0 Å². The summed E-state index contributed by atoms with van der Waals surface area (Å²) < 4.78 is 25.8. The van der Waals surface area contributed by atoms with Crippen LogP contribution in [-0.2, 0) is 4.79 Å². The second-order valence-corrected chi connectivity index (χ2v) is 4.25. The molecule has 0 N–H and O–H groups in total. The number of benzene rings is 1. The van der Waals surface area contributed by atoms with E-state index in [1.54, 1.807) is 0 Å². The van der Waals surface area contributed by atoms with Gasteiger partial charge in [0.15, 0.2) is 0 Å². The predicted molar refractivity (Wildman–Crippen MR) is 52.9 cm³/mol. The number of hydrogen-bond acceptors (Lipinski definition) is 2. The molecule has 1 aromatic carbocycles. The SMILES string of the molecule is CC(=O)C(F)(F)Sc1ccc(Cl)cc1. The lowest BCUT2D eigenvalue weighted by Crippen LogP contribution is -2.20. The third kappa shape index (κ3) is 2.96. The molecular weight excluding hydrogens is 230 g/mol. The van der Waals surface area contributed by atoms with Crippen LogP contribution >= 0.6 is 23.4 Å². The van der Waals surface area contributed by atoms with E-state index < -0.39 is 11.0 Å². The molecule has 1 rings (SSSR count). The lowest BCUT2D eigenvalue weighted by Gasteiger charge is -2.11. The van der Waals surface area contributed by atoms with Crippen LogP contribution < -0.4 is 0 Å². The molecule has 0 amide bonds. The molecule has 14 heavy (non-hydrogen) atoms. The molecular formula is C9H7ClF2OS. The maximum absolute atomic E-state index is 12.9. The highest BCUT2D eigenvalue weighted by Crippen LogP contribution is 2.36. The Bertz CT molecular complexity index is 337. The van der Waals surface area contributed by atoms with Crippen LogP contribution in [0.25, 0.3) is 0 Å². The molecule has 0 heterocycles. The lowest BCUT2D eigenvalue weighted by atomic mass is 10.4. The summed E-state index contributed by atoms with van der Waals surface area (Å²) in [5.74, 6) is -1.16. The van der Waals surface area contributed by atoms with E-state index in [1.165, 1.54) is 24.3 Å². The molecule has 1 aromatic rings. The van der Waals surface area contributed by atoms with Crippen LogP contribution in [-0.4, -0.2) is 11.0 Å². The Morgan fingerprint density at radius 2 is 1.86 bits per heavy atom. The number of thioether (sulfide) groups is 1. The minimum absolute atomic E-state index is 0.221. The molecule has 0 atom stereocenters. The van der Waals surface area contributed by atoms with E-state index >= 15 is 0 Å². The Morgan fingerprint density at radius 3 is 2.29 bits per heavy atom. The van der Waals surface area contributed by atoms with Gasteiger partial charge in [-0.3, -0.25) is 4.79 Å². The van der Waals surface area contributed by atoms with Crippen molar-refractivity contribution in [3.8, 4) is 0 Å². The number of rotatable bonds is 3. The fourth-order valence-corrected chi connectivity index (χ4v) is 1.56. The minimum atomic E-state index is -3.37. The van der Waals surface area contributed by atoms with Crippen molar-refractivity contribution in [2.75, 3.05) is 0 Å². The van der Waals surface area contributed by atoms with E-state index in [4.69, 9.17) is 11.6 Å². The normalized spacial score (nSPS) is 11.4. The first-order valence-corrected chi connectivity index (χ1v) is 4.95. The van der Waals surface area contributed by atoms with Crippen molar-refractivity contribution in [2.45, 2.75) is 17.1 Å². The van der Waals surface area contributed by atoms with Gasteiger partial charge in [-0.15, -0.1) is 0 Å². The molecule has 0 saturated heterocycles. The Hall–Kier alpha value is -0.610. The van der Waals surface area contributed by atoms with Crippen LogP contribution in [0.1, 0.15) is 6.92 Å². The number of ketones is 1. The monoisotopic (exact) mass is 236 g/mol. The summed E-state index contributed by atoms with van der Waals surface area (Å²) in [6.45, 7) is 0.864. The summed E-state index contributed by atoms with van der Waals surface area (Å²) >= 11 is 5.80. The van der Waals surface area contributed by atoms with Gasteiger partial charge >= 0.3 is 5.25 Å². The second-order valence-electron chi connectivity index (χ2n) is 2.63. The Labute approximate surface area is 89.4 Å². The van der Waals surface area contributed by atoms with Gasteiger partial charge in [0.1, 0.15) is 0 Å². The maximum atomic E-state index is 12.9. The third-order valence-electron chi connectivity index (χ3n) is 1.47. The number of Topliss-reactive ketones (excluding diaryl/α,β-unsaturated/α-hetero) is 1. The van der Waals surface area contributed by atoms with Crippen molar-refractivity contribution in [3.05, 3.63) is 29.3 Å². The number of hydrogen-bond donors (Lipinski definition) is 0. The van der Waals surface area contributed by atoms with Crippen molar-refractivity contribution in [3.63, 3.8) is 0 Å². The molecule has 0 aliphatic heterocycles. The Balaban J connectivity index is 2.79. The summed E-state index contributed by atoms with van der Waals surface area (Å²) in [5, 5.41) is -2.89. The average molecular weight is 237 g/mol. The van der Waals surface area contributed by atoms with Gasteiger partial charge in [0.05, 0.1) is 0 Å². The van der Waals surface area contributed by atoms with Gasteiger partial charge in [-0.2, -0.15) is 8.78 Å². The molecule has 0 unspecified atom stereocenters. The Morgan fingerprint density at radius 1 is 1.36 bits per heavy atom. The highest BCUT2D eigenvalue weighted by atomic mass is 35.5. The molecule has 0 aliphatic carbocycles. The van der Waals surface area contributed by atoms with E-state index in [2.05, 4.69) is 0 Å². The van der Waals surface area contributed by atoms with Crippen LogP contribution in [0, 0.1) is 0 Å². The van der Waals surface area contributed by atoms with Gasteiger partial charge in [0.2, 0.25) is 5.78 Å². The number of carbonyl (C=O) groups excluding carboxylic acids is 1. The molecule has 0 saturated carbocycles. The van der Waals surface area contributed by atoms with Crippen molar-refractivity contribution < 1.29 is 13.6 Å². The first kappa shape index (κ1) is 11.5. The average Bonchev–Trinajstić information content (AvgIpc) is 2.08. The van der Waals surface area contributed by atoms with Crippen molar-refractivity contribution in [1.82, 2.24) is 0 Å². The fraction of sp³-hybridized carbons (Fsp3) is 0.222. The first-order chi connectivity index (χ1) is 6.42. The quantitative estimate of drug-likeness (QED) is 0.746. The van der Waals surface area contributed by atoms with Crippen LogP contribution in [0.4, 0.5) is 8.78 Å². The van der Waals surface area contributed by atoms with Crippen LogP contribution in [0.5, 0.6) is 0 Å². The molecule has 0 aliphatic rings. The predicted octanol–water partition coefficient (Wildman–Crippen LogP) is 3.61. The van der Waals surface area contributed by atoms with E-state index in [1.807, 2.05) is 0 Å². The zero-order valence-electron chi connectivity index (χ0n) is 7.26. The van der Waals surface area contributed by atoms with Gasteiger partial charge in [-0.1, -0.05) is 11.6 Å². The summed E-state index contributed by atoms with van der Waals surface area (Å²) in [6.07, 6.45) is 0. The van der Waals surface area contributed by atoms with Crippen molar-refractivity contribution in [1.29, 1.82) is 0 Å². The molecule has 0 fully saturated rings. The molecule has 76 valence electrons. The van der Waals surface area contributed by atoms with E-state index in [-0.39, 0.29) is 11.8 Å². The van der Waals surface area contributed by atoms with E-state index in [0.29, 0.717) is 9.92 Å². The van der Waals surface area contributed by atoms with Gasteiger partial charge < -0.3 is 0 Å². The van der Waals surface area contributed by atoms with Gasteiger partial charge in [-0.05, 0) is 36.0 Å². The Kier molecular flexibility index (Phi) is 3.50. The smallest absolute Gasteiger partial charge is 0.292 e. The highest BCUT2D eigenvalue weighted by Gasteiger charge is 2.36. The molecule has 5 heteroatoms. The second kappa shape index (κ2) is 4.28. The van der Waals surface area contributed by atoms with Crippen molar-refractivity contribution >= 4 is 29.1 Å². The number of halogens is 3. The molecule has 0 bridgehead atoms. The molecule has 0 aromatic heterocycles. The number of alkyl halides is 2. The lowest BCUT2D eigenvalue weighted by molar-refractivity contribution is -0.130. The standard InChI is InChI=1S/C9H7ClF2OS/c1-6(13)9(11,12)14-8-4-2-7(10)3-5-8/h2-5H,1H3. The highest BCUT2D eigenvalue weighted by molar-refractivity contribution is 8.01. The molecule has 1 nitrogen and oxygen atoms in total. The van der Waals surface area contributed by atoms with E-state index in [9.17, 15) is 13.6 Å². The van der Waals surface area contributed by atoms with E-state index in [0.717, 1.165) is 6.92 Å². The zero-order chi connectivity index (χ0) is 10.8. The first-order valence-electron chi connectivity index (χ1n) is 3.75. The molecule has 0 radical (unpaired) electrons. The fourth-order valence-electron chi connectivity index (χ4n) is 0.723. The summed E-state index contributed by atoms with van der Waals surface area (Å²) in [4.78, 5) is 10.9. The van der Waals surface area contributed by atoms with Gasteiger partial charge in [-0.25, -0.2) is 0 Å². The third-order valence-corrected chi connectivity index (χ3v) is 2.77. The topological polar surface area (TPSA) is 17.1 Å². The zero-order valence-corrected chi connectivity index (χ0v) is 8.83. The summed E-state index contributed by atoms with van der Waals surface area (Å²) in [6, 6.07) is 5.90. The minimum Gasteiger partial charge on any atom is -0.292 e. The largest absolute Gasteiger partial charge is 0.355 e.